The number of anilines is 1. The van der Waals surface area contributed by atoms with Crippen molar-refractivity contribution in [1.29, 1.82) is 0 Å². The van der Waals surface area contributed by atoms with Crippen molar-refractivity contribution < 1.29 is 14.3 Å². The van der Waals surface area contributed by atoms with Crippen molar-refractivity contribution in [2.24, 2.45) is 0 Å². The van der Waals surface area contributed by atoms with Crippen LogP contribution in [0.3, 0.4) is 0 Å². The molecule has 5 nitrogen and oxygen atoms in total. The van der Waals surface area contributed by atoms with Crippen molar-refractivity contribution in [2.45, 2.75) is 20.0 Å². The SMILES string of the molecule is Cc1ccccc1NC(=O)Cc1nc(COC(=O)/C=C/c2ccc(Cl)cc2Cl)cs1. The molecule has 1 amide bonds. The summed E-state index contributed by atoms with van der Waals surface area (Å²) in [7, 11) is 0. The summed E-state index contributed by atoms with van der Waals surface area (Å²) in [6.45, 7) is 1.95. The number of nitrogens with zero attached hydrogens (tertiary/aromatic N) is 1. The smallest absolute Gasteiger partial charge is 0.331 e. The number of aromatic nitrogens is 1. The minimum Gasteiger partial charge on any atom is -0.456 e. The van der Waals surface area contributed by atoms with E-state index in [9.17, 15) is 9.59 Å². The first-order valence-corrected chi connectivity index (χ1v) is 10.6. The maximum Gasteiger partial charge on any atom is 0.331 e. The molecule has 0 radical (unpaired) electrons. The zero-order valence-electron chi connectivity index (χ0n) is 16.0. The fraction of sp³-hybridized carbons (Fsp3) is 0.136. The lowest BCUT2D eigenvalue weighted by Crippen LogP contribution is -2.15. The predicted octanol–water partition coefficient (Wildman–Crippen LogP) is 5.70. The fourth-order valence-corrected chi connectivity index (χ4v) is 3.78. The lowest BCUT2D eigenvalue weighted by atomic mass is 10.2. The number of nitrogens with one attached hydrogen (secondary N) is 1. The molecule has 1 heterocycles. The summed E-state index contributed by atoms with van der Waals surface area (Å²) in [5.74, 6) is -0.669. The Balaban J connectivity index is 1.49. The molecule has 3 rings (SSSR count). The number of carbonyl (C=O) groups is 2. The van der Waals surface area contributed by atoms with Crippen molar-refractivity contribution in [2.75, 3.05) is 5.32 Å². The maximum absolute atomic E-state index is 12.2. The van der Waals surface area contributed by atoms with Crippen LogP contribution in [0.15, 0.2) is 53.9 Å². The Morgan fingerprint density at radius 1 is 1.20 bits per heavy atom. The summed E-state index contributed by atoms with van der Waals surface area (Å²) < 4.78 is 5.19. The third-order valence-corrected chi connectivity index (χ3v) is 5.51. The highest BCUT2D eigenvalue weighted by Gasteiger charge is 2.10. The summed E-state index contributed by atoms with van der Waals surface area (Å²) in [6, 6.07) is 12.6. The number of carbonyl (C=O) groups excluding carboxylic acids is 2. The van der Waals surface area contributed by atoms with Gasteiger partial charge >= 0.3 is 5.97 Å². The molecule has 0 fully saturated rings. The van der Waals surface area contributed by atoms with E-state index in [4.69, 9.17) is 27.9 Å². The molecule has 0 unspecified atom stereocenters. The first-order valence-electron chi connectivity index (χ1n) is 8.99. The summed E-state index contributed by atoms with van der Waals surface area (Å²) in [6.07, 6.45) is 3.00. The Morgan fingerprint density at radius 3 is 2.77 bits per heavy atom. The van der Waals surface area contributed by atoms with E-state index in [-0.39, 0.29) is 18.9 Å². The van der Waals surface area contributed by atoms with Gasteiger partial charge in [0.1, 0.15) is 11.6 Å². The molecule has 0 saturated carbocycles. The standard InChI is InChI=1S/C22H18Cl2N2O3S/c1-14-4-2-3-5-19(14)26-20(27)11-21-25-17(13-30-21)12-29-22(28)9-7-15-6-8-16(23)10-18(15)24/h2-10,13H,11-12H2,1H3,(H,26,27)/b9-7+. The molecule has 1 aromatic heterocycles. The number of ether oxygens (including phenoxy) is 1. The van der Waals surface area contributed by atoms with Crippen molar-refractivity contribution in [3.05, 3.63) is 85.8 Å². The number of amides is 1. The zero-order valence-corrected chi connectivity index (χ0v) is 18.4. The van der Waals surface area contributed by atoms with Gasteiger partial charge < -0.3 is 10.1 Å². The van der Waals surface area contributed by atoms with E-state index in [1.807, 2.05) is 31.2 Å². The summed E-state index contributed by atoms with van der Waals surface area (Å²) in [4.78, 5) is 28.5. The second kappa shape index (κ2) is 10.4. The Bertz CT molecular complexity index is 1100. The van der Waals surface area contributed by atoms with Gasteiger partial charge in [0.2, 0.25) is 5.91 Å². The molecule has 0 atom stereocenters. The lowest BCUT2D eigenvalue weighted by molar-refractivity contribution is -0.139. The summed E-state index contributed by atoms with van der Waals surface area (Å²) >= 11 is 13.3. The number of thiazole rings is 1. The number of para-hydroxylation sites is 1. The van der Waals surface area contributed by atoms with Gasteiger partial charge in [-0.05, 0) is 42.3 Å². The molecule has 0 aliphatic carbocycles. The molecule has 8 heteroatoms. The largest absolute Gasteiger partial charge is 0.456 e. The average molecular weight is 461 g/mol. The number of benzene rings is 2. The van der Waals surface area contributed by atoms with E-state index < -0.39 is 5.97 Å². The van der Waals surface area contributed by atoms with Crippen molar-refractivity contribution in [1.82, 2.24) is 4.98 Å². The van der Waals surface area contributed by atoms with Crippen LogP contribution in [0.5, 0.6) is 0 Å². The van der Waals surface area contributed by atoms with Crippen LogP contribution in [0.4, 0.5) is 5.69 Å². The number of hydrogen-bond donors (Lipinski definition) is 1. The van der Waals surface area contributed by atoms with E-state index in [0.717, 1.165) is 11.3 Å². The van der Waals surface area contributed by atoms with Gasteiger partial charge in [-0.3, -0.25) is 4.79 Å². The predicted molar refractivity (Wildman–Crippen MR) is 121 cm³/mol. The van der Waals surface area contributed by atoms with Crippen LogP contribution in [0.25, 0.3) is 6.08 Å². The monoisotopic (exact) mass is 460 g/mol. The van der Waals surface area contributed by atoms with Crippen LogP contribution < -0.4 is 5.32 Å². The van der Waals surface area contributed by atoms with E-state index >= 15 is 0 Å². The van der Waals surface area contributed by atoms with Crippen molar-refractivity contribution >= 4 is 58.2 Å². The van der Waals surface area contributed by atoms with Gasteiger partial charge in [-0.2, -0.15) is 0 Å². The number of hydrogen-bond acceptors (Lipinski definition) is 5. The van der Waals surface area contributed by atoms with Crippen molar-refractivity contribution in [3.63, 3.8) is 0 Å². The van der Waals surface area contributed by atoms with Crippen LogP contribution in [0, 0.1) is 6.92 Å². The minimum absolute atomic E-state index is 0.0213. The molecule has 0 saturated heterocycles. The molecule has 0 aliphatic heterocycles. The van der Waals surface area contributed by atoms with Crippen LogP contribution in [0.2, 0.25) is 10.0 Å². The number of halogens is 2. The molecular formula is C22H18Cl2N2O3S. The second-order valence-electron chi connectivity index (χ2n) is 6.38. The first-order chi connectivity index (χ1) is 14.4. The van der Waals surface area contributed by atoms with E-state index in [0.29, 0.717) is 26.3 Å². The Morgan fingerprint density at radius 2 is 2.00 bits per heavy atom. The van der Waals surface area contributed by atoms with Crippen LogP contribution in [0.1, 0.15) is 21.8 Å². The van der Waals surface area contributed by atoms with E-state index in [1.165, 1.54) is 17.4 Å². The molecule has 0 aliphatic rings. The zero-order chi connectivity index (χ0) is 21.5. The highest BCUT2D eigenvalue weighted by Crippen LogP contribution is 2.22. The maximum atomic E-state index is 12.2. The first kappa shape index (κ1) is 22.0. The van der Waals surface area contributed by atoms with Gasteiger partial charge in [0.25, 0.3) is 0 Å². The molecule has 2 aromatic carbocycles. The van der Waals surface area contributed by atoms with Crippen LogP contribution in [-0.4, -0.2) is 16.9 Å². The van der Waals surface area contributed by atoms with Gasteiger partial charge in [-0.1, -0.05) is 47.5 Å². The topological polar surface area (TPSA) is 68.3 Å². The Labute approximate surface area is 188 Å². The third-order valence-electron chi connectivity index (χ3n) is 4.05. The van der Waals surface area contributed by atoms with Gasteiger partial charge in [0, 0.05) is 27.2 Å². The molecular weight excluding hydrogens is 443 g/mol. The van der Waals surface area contributed by atoms with Gasteiger partial charge in [0.05, 0.1) is 12.1 Å². The molecule has 30 heavy (non-hydrogen) atoms. The summed E-state index contributed by atoms with van der Waals surface area (Å²) in [5.41, 5.74) is 3.02. The Hall–Kier alpha value is -2.67. The van der Waals surface area contributed by atoms with Gasteiger partial charge in [-0.25, -0.2) is 9.78 Å². The highest BCUT2D eigenvalue weighted by molar-refractivity contribution is 7.09. The fourth-order valence-electron chi connectivity index (χ4n) is 2.53. The van der Waals surface area contributed by atoms with E-state index in [2.05, 4.69) is 10.3 Å². The van der Waals surface area contributed by atoms with Gasteiger partial charge in [0.15, 0.2) is 0 Å². The lowest BCUT2D eigenvalue weighted by Gasteiger charge is -2.06. The number of rotatable bonds is 7. The van der Waals surface area contributed by atoms with Crippen LogP contribution >= 0.6 is 34.5 Å². The summed E-state index contributed by atoms with van der Waals surface area (Å²) in [5, 5.41) is 6.25. The van der Waals surface area contributed by atoms with Gasteiger partial charge in [-0.15, -0.1) is 11.3 Å². The third kappa shape index (κ3) is 6.42. The van der Waals surface area contributed by atoms with E-state index in [1.54, 1.807) is 29.7 Å². The molecule has 154 valence electrons. The molecule has 0 bridgehead atoms. The molecule has 0 spiro atoms. The number of aryl methyl sites for hydroxylation is 1. The Kier molecular flexibility index (Phi) is 7.63. The van der Waals surface area contributed by atoms with Crippen LogP contribution in [-0.2, 0) is 27.4 Å². The highest BCUT2D eigenvalue weighted by atomic mass is 35.5. The quantitative estimate of drug-likeness (QED) is 0.362. The number of esters is 1. The minimum atomic E-state index is -0.520. The second-order valence-corrected chi connectivity index (χ2v) is 8.17. The average Bonchev–Trinajstić information content (AvgIpc) is 3.14. The molecule has 3 aromatic rings. The normalized spacial score (nSPS) is 10.9. The van der Waals surface area contributed by atoms with Crippen molar-refractivity contribution in [3.8, 4) is 0 Å². The molecule has 1 N–H and O–H groups in total.